The molecular weight excluding hydrogens is 376 g/mol. The van der Waals surface area contributed by atoms with Crippen LogP contribution in [0.4, 0.5) is 0 Å². The van der Waals surface area contributed by atoms with Gasteiger partial charge in [0, 0.05) is 30.8 Å². The molecule has 8 heteroatoms. The van der Waals surface area contributed by atoms with Crippen molar-refractivity contribution in [3.05, 3.63) is 0 Å². The number of hydrazine groups is 1. The molecule has 29 heavy (non-hydrogen) atoms. The lowest BCUT2D eigenvalue weighted by atomic mass is 9.72. The van der Waals surface area contributed by atoms with Gasteiger partial charge in [-0.25, -0.2) is 5.84 Å². The van der Waals surface area contributed by atoms with E-state index in [4.69, 9.17) is 15.3 Å². The van der Waals surface area contributed by atoms with E-state index in [2.05, 4.69) is 0 Å². The number of aliphatic hydroxyl groups is 1. The van der Waals surface area contributed by atoms with Gasteiger partial charge in [-0.15, -0.1) is 0 Å². The molecule has 168 valence electrons. The van der Waals surface area contributed by atoms with Gasteiger partial charge in [0.1, 0.15) is 11.6 Å². The molecule has 1 aliphatic heterocycles. The molecular formula is C21H38N2O6. The molecule has 8 atom stereocenters. The highest BCUT2D eigenvalue weighted by Crippen LogP contribution is 2.36. The normalized spacial score (nSPS) is 40.9. The van der Waals surface area contributed by atoms with Crippen molar-refractivity contribution in [2.45, 2.75) is 65.7 Å². The smallest absolute Gasteiger partial charge is 0.224 e. The van der Waals surface area contributed by atoms with E-state index >= 15 is 0 Å². The highest BCUT2D eigenvalue weighted by molar-refractivity contribution is 5.84. The van der Waals surface area contributed by atoms with Crippen molar-refractivity contribution in [3.63, 3.8) is 0 Å². The van der Waals surface area contributed by atoms with Crippen LogP contribution in [-0.2, 0) is 23.9 Å². The largest absolute Gasteiger partial charge is 0.388 e. The number of rotatable bonds is 3. The van der Waals surface area contributed by atoms with Crippen molar-refractivity contribution in [1.29, 1.82) is 0 Å². The summed E-state index contributed by atoms with van der Waals surface area (Å²) in [4.78, 5) is 37.3. The van der Waals surface area contributed by atoms with Gasteiger partial charge in [-0.3, -0.25) is 19.4 Å². The van der Waals surface area contributed by atoms with Crippen molar-refractivity contribution in [2.75, 3.05) is 20.3 Å². The van der Waals surface area contributed by atoms with Crippen LogP contribution in [0.15, 0.2) is 0 Å². The molecule has 1 fully saturated rings. The topological polar surface area (TPSA) is 119 Å². The Balaban J connectivity index is 3.32. The number of nitrogens with two attached hydrogens (primary N) is 1. The number of hydrogen-bond acceptors (Lipinski definition) is 7. The van der Waals surface area contributed by atoms with Crippen LogP contribution in [-0.4, -0.2) is 66.2 Å². The summed E-state index contributed by atoms with van der Waals surface area (Å²) in [6.45, 7) is 11.0. The van der Waals surface area contributed by atoms with Crippen LogP contribution >= 0.6 is 0 Å². The maximum Gasteiger partial charge on any atom is 0.224 e. The molecule has 0 aromatic heterocycles. The predicted octanol–water partition coefficient (Wildman–Crippen LogP) is 1.19. The first-order chi connectivity index (χ1) is 13.4. The number of ketones is 2. The van der Waals surface area contributed by atoms with Crippen molar-refractivity contribution in [3.8, 4) is 0 Å². The van der Waals surface area contributed by atoms with E-state index in [9.17, 15) is 19.5 Å². The van der Waals surface area contributed by atoms with E-state index in [0.29, 0.717) is 12.8 Å². The Morgan fingerprint density at radius 1 is 1.10 bits per heavy atom. The third-order valence-electron chi connectivity index (χ3n) is 6.79. The number of methoxy groups -OCH3 is 1. The lowest BCUT2D eigenvalue weighted by Crippen LogP contribution is -2.55. The monoisotopic (exact) mass is 414 g/mol. The second-order valence-corrected chi connectivity index (χ2v) is 8.84. The number of hydrogen-bond donors (Lipinski definition) is 2. The van der Waals surface area contributed by atoms with Gasteiger partial charge in [-0.1, -0.05) is 34.6 Å². The number of amides is 1. The Hall–Kier alpha value is -1.35. The third kappa shape index (κ3) is 5.84. The summed E-state index contributed by atoms with van der Waals surface area (Å²) in [5.41, 5.74) is -0.699. The Kier molecular flexibility index (Phi) is 9.40. The molecule has 0 aliphatic carbocycles. The molecule has 0 bridgehead atoms. The molecule has 1 saturated heterocycles. The summed E-state index contributed by atoms with van der Waals surface area (Å²) in [6, 6.07) is -0.929. The van der Waals surface area contributed by atoms with Gasteiger partial charge >= 0.3 is 0 Å². The average Bonchev–Trinajstić information content (AvgIpc) is 2.70. The minimum atomic E-state index is -1.16. The van der Waals surface area contributed by atoms with Gasteiger partial charge in [0.05, 0.1) is 31.0 Å². The molecule has 4 unspecified atom stereocenters. The number of carbonyl (C=O) groups excluding carboxylic acids is 3. The van der Waals surface area contributed by atoms with Gasteiger partial charge in [0.2, 0.25) is 6.41 Å². The first-order valence-electron chi connectivity index (χ1n) is 10.3. The maximum atomic E-state index is 13.1. The summed E-state index contributed by atoms with van der Waals surface area (Å²) in [5.74, 6) is 3.78. The zero-order chi connectivity index (χ0) is 22.5. The molecule has 8 nitrogen and oxygen atoms in total. The summed E-state index contributed by atoms with van der Waals surface area (Å²) in [7, 11) is 1.59. The minimum absolute atomic E-state index is 0.0459. The van der Waals surface area contributed by atoms with Crippen LogP contribution in [0.5, 0.6) is 0 Å². The molecule has 1 amide bonds. The van der Waals surface area contributed by atoms with E-state index in [1.165, 1.54) is 0 Å². The van der Waals surface area contributed by atoms with E-state index in [-0.39, 0.29) is 42.5 Å². The highest BCUT2D eigenvalue weighted by Gasteiger charge is 2.43. The van der Waals surface area contributed by atoms with Crippen LogP contribution in [0, 0.1) is 29.6 Å². The second kappa shape index (κ2) is 10.6. The Morgan fingerprint density at radius 3 is 2.17 bits per heavy atom. The lowest BCUT2D eigenvalue weighted by molar-refractivity contribution is -0.143. The van der Waals surface area contributed by atoms with Crippen molar-refractivity contribution >= 4 is 18.0 Å². The molecule has 1 heterocycles. The van der Waals surface area contributed by atoms with Crippen LogP contribution in [0.2, 0.25) is 0 Å². The zero-order valence-corrected chi connectivity index (χ0v) is 18.8. The zero-order valence-electron chi connectivity index (χ0n) is 18.8. The minimum Gasteiger partial charge on any atom is -0.388 e. The summed E-state index contributed by atoms with van der Waals surface area (Å²) < 4.78 is 11.4. The SMILES string of the molecule is CO[C@]1(C)C[C@@H](C)C(=O)C(C)C(N(N)C=O)C(O)COCC(C)C(=O)[C@H](C)[C@H]1C. The summed E-state index contributed by atoms with van der Waals surface area (Å²) in [5, 5.41) is 11.4. The number of nitrogens with zero attached hydrogens (tertiary/aromatic N) is 1. The van der Waals surface area contributed by atoms with Crippen molar-refractivity contribution in [1.82, 2.24) is 5.01 Å². The number of carbonyl (C=O) groups is 3. The van der Waals surface area contributed by atoms with E-state index in [1.807, 2.05) is 20.8 Å². The Labute approximate surface area is 174 Å². The van der Waals surface area contributed by atoms with Crippen molar-refractivity contribution < 1.29 is 29.0 Å². The van der Waals surface area contributed by atoms with Crippen LogP contribution in [0.1, 0.15) is 48.0 Å². The number of ether oxygens (including phenoxy) is 2. The van der Waals surface area contributed by atoms with Gasteiger partial charge in [-0.05, 0) is 19.3 Å². The third-order valence-corrected chi connectivity index (χ3v) is 6.79. The maximum absolute atomic E-state index is 13.1. The Bertz CT molecular complexity index is 586. The molecule has 0 saturated carbocycles. The molecule has 0 radical (unpaired) electrons. The van der Waals surface area contributed by atoms with Gasteiger partial charge in [-0.2, -0.15) is 0 Å². The molecule has 0 aromatic carbocycles. The quantitative estimate of drug-likeness (QED) is 0.308. The van der Waals surface area contributed by atoms with Crippen LogP contribution in [0.25, 0.3) is 0 Å². The fraction of sp³-hybridized carbons (Fsp3) is 0.857. The second-order valence-electron chi connectivity index (χ2n) is 8.84. The summed E-state index contributed by atoms with van der Waals surface area (Å²) >= 11 is 0. The molecule has 3 N–H and O–H groups in total. The van der Waals surface area contributed by atoms with E-state index in [1.54, 1.807) is 27.9 Å². The van der Waals surface area contributed by atoms with Crippen LogP contribution < -0.4 is 5.84 Å². The molecule has 1 rings (SSSR count). The van der Waals surface area contributed by atoms with Crippen LogP contribution in [0.3, 0.4) is 0 Å². The van der Waals surface area contributed by atoms with Gasteiger partial charge in [0.25, 0.3) is 0 Å². The van der Waals surface area contributed by atoms with Crippen molar-refractivity contribution in [2.24, 2.45) is 35.4 Å². The lowest BCUT2D eigenvalue weighted by Gasteiger charge is -2.41. The molecule has 0 aromatic rings. The first kappa shape index (κ1) is 25.7. The fourth-order valence-electron chi connectivity index (χ4n) is 4.41. The Morgan fingerprint density at radius 2 is 1.66 bits per heavy atom. The van der Waals surface area contributed by atoms with E-state index < -0.39 is 29.6 Å². The molecule has 1 aliphatic rings. The highest BCUT2D eigenvalue weighted by atomic mass is 16.5. The molecule has 0 spiro atoms. The number of aliphatic hydroxyl groups excluding tert-OH is 1. The average molecular weight is 415 g/mol. The fourth-order valence-corrected chi connectivity index (χ4v) is 4.41. The summed E-state index contributed by atoms with van der Waals surface area (Å²) in [6.07, 6.45) is -0.363. The standard InChI is InChI=1S/C21H38N2O6/c1-12-8-21(6,28-7)16(5)14(3)20(27)13(2)9-29-10-17(25)18(23(22)11-24)15(4)19(12)26/h11-18,25H,8-10,22H2,1-7H3/t12-,13?,14-,15?,16-,17?,18?,21-/m1/s1. The predicted molar refractivity (Wildman–Crippen MR) is 109 cm³/mol. The van der Waals surface area contributed by atoms with E-state index in [0.717, 1.165) is 5.01 Å². The number of Topliss-reactive ketones (excluding diaryl/α,β-unsaturated/α-hetero) is 2. The van der Waals surface area contributed by atoms with Gasteiger partial charge < -0.3 is 14.6 Å². The first-order valence-corrected chi connectivity index (χ1v) is 10.3. The van der Waals surface area contributed by atoms with Gasteiger partial charge in [0.15, 0.2) is 0 Å².